The number of β-amino-alcohol motifs (C(OH)–C–C–N with tert-alkyl or cyclic N) is 1. The van der Waals surface area contributed by atoms with Gasteiger partial charge in [-0.05, 0) is 43.2 Å². The van der Waals surface area contributed by atoms with Gasteiger partial charge in [-0.2, -0.15) is 0 Å². The minimum atomic E-state index is -0.431. The molecule has 1 aromatic carbocycles. The molecule has 1 aliphatic rings. The Bertz CT molecular complexity index is 754. The number of nitrogens with zero attached hydrogens (tertiary/aromatic N) is 2. The maximum absolute atomic E-state index is 12.5. The second-order valence-electron chi connectivity index (χ2n) is 5.98. The SMILES string of the molecule is Cc1cc(CN)cc(Oc2cccc(C(=O)N3CC[C@@H](O)C3)c2)n1.Cl. The third-order valence-electron chi connectivity index (χ3n) is 3.98. The summed E-state index contributed by atoms with van der Waals surface area (Å²) in [5, 5.41) is 9.58. The van der Waals surface area contributed by atoms with E-state index < -0.39 is 6.10 Å². The molecule has 3 N–H and O–H groups in total. The third kappa shape index (κ3) is 4.69. The van der Waals surface area contributed by atoms with E-state index in [1.165, 1.54) is 0 Å². The van der Waals surface area contributed by atoms with Crippen molar-refractivity contribution in [3.63, 3.8) is 0 Å². The van der Waals surface area contributed by atoms with Crippen LogP contribution in [0.1, 0.15) is 28.0 Å². The number of hydrogen-bond acceptors (Lipinski definition) is 5. The lowest BCUT2D eigenvalue weighted by Crippen LogP contribution is -2.29. The Kier molecular flexibility index (Phi) is 6.36. The standard InChI is InChI=1S/C18H21N3O3.ClH/c1-12-7-13(10-19)8-17(20-12)24-16-4-2-3-14(9-16)18(23)21-6-5-15(22)11-21;/h2-4,7-9,15,22H,5-6,10-11,19H2,1H3;1H/t15-;/m1./s1. The van der Waals surface area contributed by atoms with Crippen molar-refractivity contribution in [2.24, 2.45) is 5.73 Å². The molecule has 0 saturated carbocycles. The summed E-state index contributed by atoms with van der Waals surface area (Å²) < 4.78 is 5.79. The number of hydrogen-bond donors (Lipinski definition) is 2. The first-order valence-corrected chi connectivity index (χ1v) is 7.98. The van der Waals surface area contributed by atoms with Crippen molar-refractivity contribution in [1.29, 1.82) is 0 Å². The van der Waals surface area contributed by atoms with Gasteiger partial charge >= 0.3 is 0 Å². The second kappa shape index (κ2) is 8.29. The first-order valence-electron chi connectivity index (χ1n) is 7.98. The molecule has 1 atom stereocenters. The predicted octanol–water partition coefficient (Wildman–Crippen LogP) is 2.27. The highest BCUT2D eigenvalue weighted by Crippen LogP contribution is 2.23. The molecule has 3 rings (SSSR count). The van der Waals surface area contributed by atoms with Crippen molar-refractivity contribution in [3.05, 3.63) is 53.2 Å². The molecule has 0 spiro atoms. The van der Waals surface area contributed by atoms with Gasteiger partial charge < -0.3 is 20.5 Å². The average Bonchev–Trinajstić information content (AvgIpc) is 3.00. The third-order valence-corrected chi connectivity index (χ3v) is 3.98. The quantitative estimate of drug-likeness (QED) is 0.869. The Morgan fingerprint density at radius 2 is 2.20 bits per heavy atom. The van der Waals surface area contributed by atoms with Gasteiger partial charge in [-0.15, -0.1) is 12.4 Å². The molecule has 0 radical (unpaired) electrons. The Hall–Kier alpha value is -2.15. The number of rotatable bonds is 4. The topological polar surface area (TPSA) is 88.7 Å². The summed E-state index contributed by atoms with van der Waals surface area (Å²) in [4.78, 5) is 18.5. The number of likely N-dealkylation sites (tertiary alicyclic amines) is 1. The van der Waals surface area contributed by atoms with E-state index in [0.29, 0.717) is 43.2 Å². The molecule has 2 heterocycles. The van der Waals surface area contributed by atoms with Crippen LogP contribution in [-0.4, -0.2) is 40.1 Å². The second-order valence-corrected chi connectivity index (χ2v) is 5.98. The van der Waals surface area contributed by atoms with Gasteiger partial charge in [-0.3, -0.25) is 4.79 Å². The fourth-order valence-corrected chi connectivity index (χ4v) is 2.80. The molecule has 134 valence electrons. The van der Waals surface area contributed by atoms with E-state index in [1.54, 1.807) is 35.2 Å². The molecule has 1 amide bonds. The van der Waals surface area contributed by atoms with Crippen molar-refractivity contribution in [1.82, 2.24) is 9.88 Å². The lowest BCUT2D eigenvalue weighted by molar-refractivity contribution is 0.0764. The van der Waals surface area contributed by atoms with Crippen molar-refractivity contribution in [2.75, 3.05) is 13.1 Å². The number of carbonyl (C=O) groups is 1. The molecule has 7 heteroatoms. The van der Waals surface area contributed by atoms with Crippen molar-refractivity contribution < 1.29 is 14.6 Å². The van der Waals surface area contributed by atoms with Crippen LogP contribution in [0.15, 0.2) is 36.4 Å². The Labute approximate surface area is 153 Å². The van der Waals surface area contributed by atoms with Crippen LogP contribution in [0.5, 0.6) is 11.6 Å². The van der Waals surface area contributed by atoms with Crippen LogP contribution in [0.4, 0.5) is 0 Å². The van der Waals surface area contributed by atoms with Crippen molar-refractivity contribution in [2.45, 2.75) is 26.0 Å². The summed E-state index contributed by atoms with van der Waals surface area (Å²) in [5.74, 6) is 0.898. The molecule has 2 aromatic rings. The van der Waals surface area contributed by atoms with Gasteiger partial charge in [-0.1, -0.05) is 6.07 Å². The number of ether oxygens (including phenoxy) is 1. The van der Waals surface area contributed by atoms with Gasteiger partial charge in [-0.25, -0.2) is 4.98 Å². The highest BCUT2D eigenvalue weighted by molar-refractivity contribution is 5.94. The lowest BCUT2D eigenvalue weighted by atomic mass is 10.2. The van der Waals surface area contributed by atoms with Gasteiger partial charge in [0.25, 0.3) is 5.91 Å². The molecule has 0 aliphatic carbocycles. The van der Waals surface area contributed by atoms with E-state index in [1.807, 2.05) is 13.0 Å². The molecule has 25 heavy (non-hydrogen) atoms. The number of carbonyl (C=O) groups excluding carboxylic acids is 1. The van der Waals surface area contributed by atoms with Gasteiger partial charge in [0.05, 0.1) is 6.10 Å². The van der Waals surface area contributed by atoms with Crippen LogP contribution in [0.3, 0.4) is 0 Å². The number of benzene rings is 1. The number of aryl methyl sites for hydroxylation is 1. The zero-order valence-corrected chi connectivity index (χ0v) is 14.8. The zero-order valence-electron chi connectivity index (χ0n) is 14.0. The van der Waals surface area contributed by atoms with Crippen LogP contribution >= 0.6 is 12.4 Å². The molecule has 1 aliphatic heterocycles. The number of aliphatic hydroxyl groups is 1. The van der Waals surface area contributed by atoms with E-state index in [4.69, 9.17) is 10.5 Å². The number of pyridine rings is 1. The summed E-state index contributed by atoms with van der Waals surface area (Å²) in [5.41, 5.74) is 7.97. The minimum absolute atomic E-state index is 0. The number of amides is 1. The van der Waals surface area contributed by atoms with Gasteiger partial charge in [0.1, 0.15) is 5.75 Å². The fourth-order valence-electron chi connectivity index (χ4n) is 2.80. The average molecular weight is 364 g/mol. The highest BCUT2D eigenvalue weighted by Gasteiger charge is 2.25. The molecule has 0 unspecified atom stereocenters. The first kappa shape index (κ1) is 19.2. The zero-order chi connectivity index (χ0) is 17.1. The fraction of sp³-hybridized carbons (Fsp3) is 0.333. The predicted molar refractivity (Wildman–Crippen MR) is 97.2 cm³/mol. The number of aromatic nitrogens is 1. The summed E-state index contributed by atoms with van der Waals surface area (Å²) in [6.45, 7) is 3.24. The first-order chi connectivity index (χ1) is 11.5. The molecule has 6 nitrogen and oxygen atoms in total. The van der Waals surface area contributed by atoms with Crippen molar-refractivity contribution >= 4 is 18.3 Å². The molecule has 1 fully saturated rings. The van der Waals surface area contributed by atoms with Gasteiger partial charge in [0.2, 0.25) is 5.88 Å². The van der Waals surface area contributed by atoms with E-state index in [9.17, 15) is 9.90 Å². The Morgan fingerprint density at radius 1 is 1.40 bits per heavy atom. The monoisotopic (exact) mass is 363 g/mol. The number of nitrogens with two attached hydrogens (primary N) is 1. The molecule has 0 bridgehead atoms. The maximum atomic E-state index is 12.5. The summed E-state index contributed by atoms with van der Waals surface area (Å²) in [7, 11) is 0. The molecule has 1 aromatic heterocycles. The van der Waals surface area contributed by atoms with Crippen LogP contribution in [0, 0.1) is 6.92 Å². The van der Waals surface area contributed by atoms with Crippen LogP contribution in [-0.2, 0) is 6.54 Å². The van der Waals surface area contributed by atoms with Crippen LogP contribution in [0.2, 0.25) is 0 Å². The van der Waals surface area contributed by atoms with Crippen molar-refractivity contribution in [3.8, 4) is 11.6 Å². The minimum Gasteiger partial charge on any atom is -0.439 e. The Morgan fingerprint density at radius 3 is 2.88 bits per heavy atom. The van der Waals surface area contributed by atoms with Crippen LogP contribution in [0.25, 0.3) is 0 Å². The number of aliphatic hydroxyl groups excluding tert-OH is 1. The van der Waals surface area contributed by atoms with Gasteiger partial charge in [0.15, 0.2) is 0 Å². The number of halogens is 1. The summed E-state index contributed by atoms with van der Waals surface area (Å²) >= 11 is 0. The largest absolute Gasteiger partial charge is 0.439 e. The smallest absolute Gasteiger partial charge is 0.254 e. The van der Waals surface area contributed by atoms with E-state index in [0.717, 1.165) is 11.3 Å². The summed E-state index contributed by atoms with van der Waals surface area (Å²) in [6.07, 6.45) is 0.191. The van der Waals surface area contributed by atoms with E-state index in [2.05, 4.69) is 4.98 Å². The molecule has 1 saturated heterocycles. The molecular formula is C18H22ClN3O3. The summed E-state index contributed by atoms with van der Waals surface area (Å²) in [6, 6.07) is 10.7. The normalized spacial score (nSPS) is 16.4. The van der Waals surface area contributed by atoms with Crippen LogP contribution < -0.4 is 10.5 Å². The van der Waals surface area contributed by atoms with E-state index in [-0.39, 0.29) is 18.3 Å². The highest BCUT2D eigenvalue weighted by atomic mass is 35.5. The molecular weight excluding hydrogens is 342 g/mol. The maximum Gasteiger partial charge on any atom is 0.254 e. The lowest BCUT2D eigenvalue weighted by Gasteiger charge is -2.16. The Balaban J connectivity index is 0.00000225. The van der Waals surface area contributed by atoms with Gasteiger partial charge in [0, 0.05) is 37.0 Å². The van der Waals surface area contributed by atoms with E-state index >= 15 is 0 Å².